The van der Waals surface area contributed by atoms with Gasteiger partial charge in [-0.25, -0.2) is 0 Å². The van der Waals surface area contributed by atoms with Crippen LogP contribution in [0.4, 0.5) is 0 Å². The van der Waals surface area contributed by atoms with Gasteiger partial charge in [-0.1, -0.05) is 12.1 Å². The third kappa shape index (κ3) is 4.84. The lowest BCUT2D eigenvalue weighted by molar-refractivity contribution is 1.27. The number of thiophene rings is 6. The molecule has 6 heterocycles. The van der Waals surface area contributed by atoms with Crippen molar-refractivity contribution in [1.82, 2.24) is 0 Å². The molecule has 0 spiro atoms. The van der Waals surface area contributed by atoms with Crippen LogP contribution in [0.3, 0.4) is 0 Å². The van der Waals surface area contributed by atoms with Crippen molar-refractivity contribution in [3.8, 4) is 39.0 Å². The Kier molecular flexibility index (Phi) is 6.50. The van der Waals surface area contributed by atoms with E-state index in [2.05, 4.69) is 93.8 Å². The first-order chi connectivity index (χ1) is 16.8. The van der Waals surface area contributed by atoms with Gasteiger partial charge < -0.3 is 0 Å². The molecule has 0 aliphatic carbocycles. The maximum atomic E-state index is 4.28. The molecule has 0 unspecified atom stereocenters. The minimum Gasteiger partial charge on any atom is -0.158 e. The highest BCUT2D eigenvalue weighted by atomic mass is 32.1. The summed E-state index contributed by atoms with van der Waals surface area (Å²) in [7, 11) is 0. The average Bonchev–Trinajstić information content (AvgIpc) is 3.68. The van der Waals surface area contributed by atoms with Crippen molar-refractivity contribution in [2.24, 2.45) is 10.2 Å². The van der Waals surface area contributed by atoms with Crippen LogP contribution in [0, 0.1) is 0 Å². The lowest BCUT2D eigenvalue weighted by Crippen LogP contribution is -1.72. The molecule has 8 heteroatoms. The zero-order valence-corrected chi connectivity index (χ0v) is 22.5. The van der Waals surface area contributed by atoms with Crippen LogP contribution in [0.5, 0.6) is 0 Å². The first-order valence-electron chi connectivity index (χ1n) is 10.4. The molecule has 6 rings (SSSR count). The van der Waals surface area contributed by atoms with Crippen LogP contribution in [-0.4, -0.2) is 12.4 Å². The third-order valence-corrected chi connectivity index (χ3v) is 11.6. The van der Waals surface area contributed by atoms with Crippen molar-refractivity contribution in [1.29, 1.82) is 0 Å². The Balaban J connectivity index is 1.10. The molecule has 0 saturated carbocycles. The summed E-state index contributed by atoms with van der Waals surface area (Å²) >= 11 is 10.7. The van der Waals surface area contributed by atoms with E-state index in [1.807, 2.05) is 35.1 Å². The normalized spacial score (nSPS) is 11.9. The van der Waals surface area contributed by atoms with Crippen LogP contribution < -0.4 is 0 Å². The molecule has 0 bridgehead atoms. The van der Waals surface area contributed by atoms with Gasteiger partial charge in [0.25, 0.3) is 0 Å². The Morgan fingerprint density at radius 2 is 0.794 bits per heavy atom. The molecule has 0 saturated heterocycles. The topological polar surface area (TPSA) is 24.7 Å². The average molecular weight is 549 g/mol. The van der Waals surface area contributed by atoms with Crippen molar-refractivity contribution in [3.63, 3.8) is 0 Å². The predicted octanol–water partition coefficient (Wildman–Crippen LogP) is 10.2. The summed E-state index contributed by atoms with van der Waals surface area (Å²) in [6.07, 6.45) is 3.67. The number of hydrogen-bond donors (Lipinski definition) is 0. The largest absolute Gasteiger partial charge is 0.158 e. The maximum absolute atomic E-state index is 4.28. The van der Waals surface area contributed by atoms with Crippen LogP contribution in [-0.2, 0) is 0 Å². The van der Waals surface area contributed by atoms with Gasteiger partial charge in [-0.3, -0.25) is 0 Å². The van der Waals surface area contributed by atoms with Gasteiger partial charge in [0.1, 0.15) is 0 Å². The minimum absolute atomic E-state index is 1.10. The fourth-order valence-corrected chi connectivity index (χ4v) is 8.94. The first-order valence-corrected chi connectivity index (χ1v) is 15.4. The Bertz CT molecular complexity index is 1440. The molecule has 6 aromatic rings. The Hall–Kier alpha value is -2.46. The van der Waals surface area contributed by atoms with E-state index < -0.39 is 0 Å². The smallest absolute Gasteiger partial charge is 0.0668 e. The molecule has 0 atom stereocenters. The number of hydrogen-bond acceptors (Lipinski definition) is 8. The molecule has 0 aliphatic heterocycles. The first kappa shape index (κ1) is 22.0. The molecule has 0 amide bonds. The zero-order valence-electron chi connectivity index (χ0n) is 17.6. The molecule has 0 N–H and O–H groups in total. The third-order valence-electron chi connectivity index (χ3n) is 4.92. The van der Waals surface area contributed by atoms with Gasteiger partial charge in [0.2, 0.25) is 0 Å². The van der Waals surface area contributed by atoms with E-state index in [4.69, 9.17) is 0 Å². The van der Waals surface area contributed by atoms with E-state index in [-0.39, 0.29) is 0 Å². The minimum atomic E-state index is 1.10. The quantitative estimate of drug-likeness (QED) is 0.140. The van der Waals surface area contributed by atoms with Gasteiger partial charge in [0.15, 0.2) is 0 Å². The Labute approximate surface area is 221 Å². The second kappa shape index (κ2) is 10.0. The van der Waals surface area contributed by atoms with Gasteiger partial charge >= 0.3 is 0 Å². The van der Waals surface area contributed by atoms with Crippen molar-refractivity contribution < 1.29 is 0 Å². The van der Waals surface area contributed by atoms with E-state index >= 15 is 0 Å². The van der Waals surface area contributed by atoms with Gasteiger partial charge in [-0.15, -0.1) is 68.0 Å². The SMILES string of the molecule is C(=N\N=C\c1ccc(-c2ccc(-c3cccs3)s2)s1)/c1ccc(-c2ccc(-c3cccs3)s2)s1. The summed E-state index contributed by atoms with van der Waals surface area (Å²) in [5, 5.41) is 12.8. The number of nitrogens with zero attached hydrogens (tertiary/aromatic N) is 2. The van der Waals surface area contributed by atoms with Crippen molar-refractivity contribution >= 4 is 80.4 Å². The summed E-state index contributed by atoms with van der Waals surface area (Å²) in [6, 6.07) is 25.9. The van der Waals surface area contributed by atoms with Crippen LogP contribution in [0.2, 0.25) is 0 Å². The van der Waals surface area contributed by atoms with E-state index in [9.17, 15) is 0 Å². The van der Waals surface area contributed by atoms with Gasteiger partial charge in [0, 0.05) is 48.8 Å². The lowest BCUT2D eigenvalue weighted by Gasteiger charge is -1.90. The predicted molar refractivity (Wildman–Crippen MR) is 157 cm³/mol. The van der Waals surface area contributed by atoms with Crippen molar-refractivity contribution in [3.05, 3.63) is 93.3 Å². The fourth-order valence-electron chi connectivity index (χ4n) is 3.33. The molecule has 0 radical (unpaired) electrons. The summed E-state index contributed by atoms with van der Waals surface area (Å²) in [4.78, 5) is 12.6. The van der Waals surface area contributed by atoms with Crippen molar-refractivity contribution in [2.75, 3.05) is 0 Å². The molecule has 0 aliphatic rings. The molecule has 6 aromatic heterocycles. The monoisotopic (exact) mass is 548 g/mol. The highest BCUT2D eigenvalue weighted by Crippen LogP contribution is 2.40. The van der Waals surface area contributed by atoms with Gasteiger partial charge in [-0.2, -0.15) is 10.2 Å². The Morgan fingerprint density at radius 3 is 1.21 bits per heavy atom. The Morgan fingerprint density at radius 1 is 0.412 bits per heavy atom. The second-order valence-electron chi connectivity index (χ2n) is 7.18. The second-order valence-corrected chi connectivity index (χ2v) is 13.5. The van der Waals surface area contributed by atoms with E-state index in [1.165, 1.54) is 39.0 Å². The summed E-state index contributed by atoms with van der Waals surface area (Å²) < 4.78 is 0. The van der Waals surface area contributed by atoms with E-state index in [1.54, 1.807) is 45.3 Å². The molecular formula is C26H16N2S6. The molecule has 0 fully saturated rings. The molecular weight excluding hydrogens is 533 g/mol. The maximum Gasteiger partial charge on any atom is 0.0668 e. The van der Waals surface area contributed by atoms with Gasteiger partial charge in [-0.05, 0) is 71.4 Å². The molecule has 2 nitrogen and oxygen atoms in total. The summed E-state index contributed by atoms with van der Waals surface area (Å²) in [6.45, 7) is 0. The summed E-state index contributed by atoms with van der Waals surface area (Å²) in [5.41, 5.74) is 0. The lowest BCUT2D eigenvalue weighted by atomic mass is 10.3. The highest BCUT2D eigenvalue weighted by molar-refractivity contribution is 7.27. The van der Waals surface area contributed by atoms with E-state index in [0.717, 1.165) is 9.75 Å². The number of rotatable bonds is 7. The molecule has 34 heavy (non-hydrogen) atoms. The molecule has 0 aromatic carbocycles. The fraction of sp³-hybridized carbons (Fsp3) is 0. The molecule has 166 valence electrons. The summed E-state index contributed by atoms with van der Waals surface area (Å²) in [5.74, 6) is 0. The zero-order chi connectivity index (χ0) is 22.7. The van der Waals surface area contributed by atoms with Crippen LogP contribution in [0.1, 0.15) is 9.75 Å². The van der Waals surface area contributed by atoms with Crippen LogP contribution >= 0.6 is 68.0 Å². The van der Waals surface area contributed by atoms with Crippen molar-refractivity contribution in [2.45, 2.75) is 0 Å². The highest BCUT2D eigenvalue weighted by Gasteiger charge is 2.09. The van der Waals surface area contributed by atoms with E-state index in [0.29, 0.717) is 0 Å². The standard InChI is InChI=1S/C26H16N2S6/c1-3-19(29-13-1)21-9-11-25(33-21)23-7-5-17(31-23)15-27-28-16-18-6-8-24(32-18)26-12-10-22(34-26)20-4-2-14-30-20/h1-16H/b27-15+,28-16+. The van der Waals surface area contributed by atoms with Gasteiger partial charge in [0.05, 0.1) is 12.4 Å². The van der Waals surface area contributed by atoms with Crippen LogP contribution in [0.25, 0.3) is 39.0 Å². The van der Waals surface area contributed by atoms with Crippen LogP contribution in [0.15, 0.2) is 93.8 Å².